The minimum Gasteiger partial charge on any atom is -0.356 e. The van der Waals surface area contributed by atoms with Crippen molar-refractivity contribution >= 4 is 5.82 Å². The number of aryl methyl sites for hydroxylation is 1. The number of hydrogen-bond acceptors (Lipinski definition) is 3. The van der Waals surface area contributed by atoms with Crippen LogP contribution in [0.25, 0.3) is 0 Å². The van der Waals surface area contributed by atoms with Crippen LogP contribution in [0.3, 0.4) is 0 Å². The molecule has 3 heteroatoms. The molecule has 16 heavy (non-hydrogen) atoms. The Morgan fingerprint density at radius 1 is 1.56 bits per heavy atom. The molecule has 0 aromatic carbocycles. The van der Waals surface area contributed by atoms with Gasteiger partial charge in [-0.05, 0) is 42.9 Å². The molecular formula is C13H21N3. The van der Waals surface area contributed by atoms with Crippen LogP contribution in [0, 0.1) is 12.8 Å². The van der Waals surface area contributed by atoms with E-state index in [1.54, 1.807) is 0 Å². The highest BCUT2D eigenvalue weighted by molar-refractivity contribution is 5.47. The average Bonchev–Trinajstić information content (AvgIpc) is 2.28. The Morgan fingerprint density at radius 3 is 3.00 bits per heavy atom. The third-order valence-corrected chi connectivity index (χ3v) is 3.30. The third kappa shape index (κ3) is 2.35. The molecule has 1 aliphatic rings. The van der Waals surface area contributed by atoms with Crippen LogP contribution < -0.4 is 10.6 Å². The maximum Gasteiger partial charge on any atom is 0.131 e. The van der Waals surface area contributed by atoms with Gasteiger partial charge in [0.05, 0.1) is 0 Å². The topological polar surface area (TPSA) is 42.1 Å². The van der Waals surface area contributed by atoms with Crippen molar-refractivity contribution < 1.29 is 0 Å². The zero-order valence-corrected chi connectivity index (χ0v) is 10.2. The quantitative estimate of drug-likeness (QED) is 0.828. The van der Waals surface area contributed by atoms with E-state index in [2.05, 4.69) is 29.8 Å². The molecule has 0 amide bonds. The molecule has 1 aromatic heterocycles. The Bertz CT molecular complexity index is 362. The standard InChI is InChI=1S/C13H21N3/c1-10-4-3-5-16(9-10)13-11(2)6-12(7-14)8-15-13/h6,8,10H,3-5,7,9,14H2,1-2H3. The maximum absolute atomic E-state index is 5.62. The predicted molar refractivity (Wildman–Crippen MR) is 67.5 cm³/mol. The number of nitrogens with zero attached hydrogens (tertiary/aromatic N) is 2. The van der Waals surface area contributed by atoms with E-state index in [4.69, 9.17) is 5.73 Å². The maximum atomic E-state index is 5.62. The van der Waals surface area contributed by atoms with E-state index in [1.807, 2.05) is 6.20 Å². The molecular weight excluding hydrogens is 198 g/mol. The summed E-state index contributed by atoms with van der Waals surface area (Å²) in [6.07, 6.45) is 4.53. The first kappa shape index (κ1) is 11.4. The summed E-state index contributed by atoms with van der Waals surface area (Å²) in [7, 11) is 0. The number of nitrogens with two attached hydrogens (primary N) is 1. The van der Waals surface area contributed by atoms with Crippen molar-refractivity contribution in [1.82, 2.24) is 4.98 Å². The summed E-state index contributed by atoms with van der Waals surface area (Å²) in [5, 5.41) is 0. The molecule has 88 valence electrons. The smallest absolute Gasteiger partial charge is 0.131 e. The SMILES string of the molecule is Cc1cc(CN)cnc1N1CCCC(C)C1. The van der Waals surface area contributed by atoms with Gasteiger partial charge >= 0.3 is 0 Å². The Hall–Kier alpha value is -1.09. The zero-order chi connectivity index (χ0) is 11.5. The lowest BCUT2D eigenvalue weighted by Gasteiger charge is -2.32. The number of anilines is 1. The highest BCUT2D eigenvalue weighted by Crippen LogP contribution is 2.24. The second-order valence-electron chi connectivity index (χ2n) is 4.88. The van der Waals surface area contributed by atoms with Gasteiger partial charge in [-0.25, -0.2) is 4.98 Å². The second kappa shape index (κ2) is 4.83. The van der Waals surface area contributed by atoms with Gasteiger partial charge in [-0.3, -0.25) is 0 Å². The van der Waals surface area contributed by atoms with Gasteiger partial charge in [-0.2, -0.15) is 0 Å². The van der Waals surface area contributed by atoms with E-state index < -0.39 is 0 Å². The summed E-state index contributed by atoms with van der Waals surface area (Å²) in [4.78, 5) is 6.96. The largest absolute Gasteiger partial charge is 0.356 e. The normalized spacial score (nSPS) is 21.2. The van der Waals surface area contributed by atoms with Gasteiger partial charge in [0.2, 0.25) is 0 Å². The first-order valence-electron chi connectivity index (χ1n) is 6.11. The second-order valence-corrected chi connectivity index (χ2v) is 4.88. The first-order chi connectivity index (χ1) is 7.70. The molecule has 1 atom stereocenters. The molecule has 1 fully saturated rings. The van der Waals surface area contributed by atoms with Gasteiger partial charge in [0.25, 0.3) is 0 Å². The highest BCUT2D eigenvalue weighted by Gasteiger charge is 2.18. The van der Waals surface area contributed by atoms with Crippen LogP contribution >= 0.6 is 0 Å². The summed E-state index contributed by atoms with van der Waals surface area (Å²) < 4.78 is 0. The van der Waals surface area contributed by atoms with Crippen molar-refractivity contribution in [3.05, 3.63) is 23.4 Å². The molecule has 2 heterocycles. The van der Waals surface area contributed by atoms with Crippen molar-refractivity contribution in [2.45, 2.75) is 33.2 Å². The minimum atomic E-state index is 0.574. The van der Waals surface area contributed by atoms with E-state index >= 15 is 0 Å². The molecule has 1 aromatic rings. The summed E-state index contributed by atoms with van der Waals surface area (Å²) in [6, 6.07) is 2.15. The molecule has 1 aliphatic heterocycles. The number of rotatable bonds is 2. The molecule has 0 spiro atoms. The van der Waals surface area contributed by atoms with Crippen molar-refractivity contribution in [2.24, 2.45) is 11.7 Å². The van der Waals surface area contributed by atoms with Crippen LogP contribution in [0.2, 0.25) is 0 Å². The summed E-state index contributed by atoms with van der Waals surface area (Å²) in [5.74, 6) is 1.92. The van der Waals surface area contributed by atoms with Gasteiger partial charge in [-0.15, -0.1) is 0 Å². The first-order valence-corrected chi connectivity index (χ1v) is 6.11. The zero-order valence-electron chi connectivity index (χ0n) is 10.2. The number of pyridine rings is 1. The molecule has 0 radical (unpaired) electrons. The fourth-order valence-corrected chi connectivity index (χ4v) is 2.45. The van der Waals surface area contributed by atoms with Gasteiger partial charge in [0.1, 0.15) is 5.82 Å². The lowest BCUT2D eigenvalue weighted by Crippen LogP contribution is -2.35. The van der Waals surface area contributed by atoms with Crippen molar-refractivity contribution in [1.29, 1.82) is 0 Å². The molecule has 2 N–H and O–H groups in total. The molecule has 0 bridgehead atoms. The Balaban J connectivity index is 2.19. The van der Waals surface area contributed by atoms with E-state index in [0.717, 1.165) is 30.4 Å². The van der Waals surface area contributed by atoms with E-state index in [9.17, 15) is 0 Å². The van der Waals surface area contributed by atoms with Crippen LogP contribution in [0.4, 0.5) is 5.82 Å². The number of hydrogen-bond donors (Lipinski definition) is 1. The molecule has 0 aliphatic carbocycles. The minimum absolute atomic E-state index is 0.574. The van der Waals surface area contributed by atoms with Crippen molar-refractivity contribution in [3.63, 3.8) is 0 Å². The molecule has 3 nitrogen and oxygen atoms in total. The summed E-state index contributed by atoms with van der Waals surface area (Å²) >= 11 is 0. The summed E-state index contributed by atoms with van der Waals surface area (Å²) in [6.45, 7) is 7.29. The van der Waals surface area contributed by atoms with Gasteiger partial charge < -0.3 is 10.6 Å². The molecule has 0 saturated carbocycles. The van der Waals surface area contributed by atoms with Crippen LogP contribution in [-0.4, -0.2) is 18.1 Å². The van der Waals surface area contributed by atoms with E-state index in [-0.39, 0.29) is 0 Å². The van der Waals surface area contributed by atoms with Crippen molar-refractivity contribution in [2.75, 3.05) is 18.0 Å². The Labute approximate surface area is 97.7 Å². The van der Waals surface area contributed by atoms with Crippen molar-refractivity contribution in [3.8, 4) is 0 Å². The Kier molecular flexibility index (Phi) is 3.44. The molecule has 2 rings (SSSR count). The fraction of sp³-hybridized carbons (Fsp3) is 0.615. The lowest BCUT2D eigenvalue weighted by atomic mass is 10.00. The van der Waals surface area contributed by atoms with Crippen LogP contribution in [0.5, 0.6) is 0 Å². The van der Waals surface area contributed by atoms with Gasteiger partial charge in [0, 0.05) is 25.8 Å². The fourth-order valence-electron chi connectivity index (χ4n) is 2.45. The predicted octanol–water partition coefficient (Wildman–Crippen LogP) is 2.09. The third-order valence-electron chi connectivity index (χ3n) is 3.30. The van der Waals surface area contributed by atoms with E-state index in [0.29, 0.717) is 6.54 Å². The summed E-state index contributed by atoms with van der Waals surface area (Å²) in [5.41, 5.74) is 7.98. The average molecular weight is 219 g/mol. The highest BCUT2D eigenvalue weighted by atomic mass is 15.2. The molecule has 1 unspecified atom stereocenters. The Morgan fingerprint density at radius 2 is 2.38 bits per heavy atom. The van der Waals surface area contributed by atoms with E-state index in [1.165, 1.54) is 18.4 Å². The van der Waals surface area contributed by atoms with Gasteiger partial charge in [-0.1, -0.05) is 6.92 Å². The lowest BCUT2D eigenvalue weighted by molar-refractivity contribution is 0.444. The van der Waals surface area contributed by atoms with Gasteiger partial charge in [0.15, 0.2) is 0 Å². The monoisotopic (exact) mass is 219 g/mol. The van der Waals surface area contributed by atoms with Crippen LogP contribution in [0.1, 0.15) is 30.9 Å². The molecule has 1 saturated heterocycles. The van der Waals surface area contributed by atoms with Crippen LogP contribution in [0.15, 0.2) is 12.3 Å². The van der Waals surface area contributed by atoms with Crippen LogP contribution in [-0.2, 0) is 6.54 Å². The number of piperidine rings is 1. The number of aromatic nitrogens is 1.